The van der Waals surface area contributed by atoms with Crippen LogP contribution in [-0.2, 0) is 28.7 Å². The molecule has 0 saturated heterocycles. The predicted molar refractivity (Wildman–Crippen MR) is 157 cm³/mol. The van der Waals surface area contributed by atoms with E-state index in [1.54, 1.807) is 0 Å². The van der Waals surface area contributed by atoms with E-state index in [9.17, 15) is 24.0 Å². The lowest BCUT2D eigenvalue weighted by molar-refractivity contribution is -0.131. The maximum Gasteiger partial charge on any atom is 0.243 e. The van der Waals surface area contributed by atoms with Crippen molar-refractivity contribution in [2.24, 2.45) is 28.0 Å². The van der Waals surface area contributed by atoms with Crippen LogP contribution >= 0.6 is 0 Å². The molecule has 0 aliphatic carbocycles. The van der Waals surface area contributed by atoms with Crippen LogP contribution in [0.1, 0.15) is 66.2 Å². The van der Waals surface area contributed by atoms with Gasteiger partial charge in [0.1, 0.15) is 12.1 Å². The Bertz CT molecular complexity index is 809. The molecule has 0 aliphatic rings. The highest BCUT2D eigenvalue weighted by atomic mass is 16.5. The summed E-state index contributed by atoms with van der Waals surface area (Å²) in [6.45, 7) is 9.97. The second kappa shape index (κ2) is 21.0. The third-order valence-corrected chi connectivity index (χ3v) is 6.28. The molecular formula is C27H54N8O6. The number of amides is 5. The summed E-state index contributed by atoms with van der Waals surface area (Å²) in [5.74, 6) is -1.99. The maximum atomic E-state index is 12.8. The molecular weight excluding hydrogens is 532 g/mol. The number of nitrogens with two attached hydrogens (primary N) is 3. The van der Waals surface area contributed by atoms with Gasteiger partial charge in [0.25, 0.3) is 0 Å². The molecule has 0 rings (SSSR count). The second-order valence-corrected chi connectivity index (χ2v) is 11.8. The molecule has 0 aromatic carbocycles. The van der Waals surface area contributed by atoms with Crippen LogP contribution in [-0.4, -0.2) is 94.6 Å². The van der Waals surface area contributed by atoms with Gasteiger partial charge >= 0.3 is 0 Å². The van der Waals surface area contributed by atoms with Crippen LogP contribution in [0.15, 0.2) is 0 Å². The number of hydrogen-bond donors (Lipinski definition) is 8. The van der Waals surface area contributed by atoms with Gasteiger partial charge in [-0.2, -0.15) is 0 Å². The van der Waals surface area contributed by atoms with Crippen molar-refractivity contribution < 1.29 is 28.7 Å². The Balaban J connectivity index is 4.79. The number of ether oxygens (including phenoxy) is 1. The van der Waals surface area contributed by atoms with E-state index < -0.39 is 29.8 Å². The van der Waals surface area contributed by atoms with Gasteiger partial charge in [0.15, 0.2) is 0 Å². The molecule has 0 aromatic rings. The lowest BCUT2D eigenvalue weighted by Gasteiger charge is -2.28. The summed E-state index contributed by atoms with van der Waals surface area (Å²) < 4.78 is 5.78. The molecule has 41 heavy (non-hydrogen) atoms. The first-order valence-corrected chi connectivity index (χ1v) is 14.3. The molecule has 0 radical (unpaired) electrons. The summed E-state index contributed by atoms with van der Waals surface area (Å²) in [4.78, 5) is 60.9. The topological polar surface area (TPSA) is 233 Å². The monoisotopic (exact) mass is 586 g/mol. The minimum absolute atomic E-state index is 0.133. The number of rotatable bonds is 24. The first kappa shape index (κ1) is 38.2. The second-order valence-electron chi connectivity index (χ2n) is 11.8. The largest absolute Gasteiger partial charge is 0.380 e. The van der Waals surface area contributed by atoms with Crippen LogP contribution in [0.2, 0.25) is 0 Å². The van der Waals surface area contributed by atoms with Gasteiger partial charge in [-0.1, -0.05) is 27.7 Å². The zero-order chi connectivity index (χ0) is 31.3. The Morgan fingerprint density at radius 1 is 0.732 bits per heavy atom. The molecule has 2 atom stereocenters. The highest BCUT2D eigenvalue weighted by Crippen LogP contribution is 2.18. The number of unbranched alkanes of at least 4 members (excludes halogenated alkanes) is 2. The number of hydrogen-bond acceptors (Lipinski definition) is 9. The van der Waals surface area contributed by atoms with E-state index in [0.29, 0.717) is 84.3 Å². The van der Waals surface area contributed by atoms with E-state index in [4.69, 9.17) is 21.9 Å². The van der Waals surface area contributed by atoms with Crippen molar-refractivity contribution in [3.05, 3.63) is 0 Å². The minimum atomic E-state index is -0.914. The van der Waals surface area contributed by atoms with Crippen molar-refractivity contribution in [2.75, 3.05) is 52.5 Å². The molecule has 5 amide bonds. The summed E-state index contributed by atoms with van der Waals surface area (Å²) in [6.07, 6.45) is 3.68. The molecule has 238 valence electrons. The molecule has 0 heterocycles. The van der Waals surface area contributed by atoms with Gasteiger partial charge in [-0.05, 0) is 58.2 Å². The Labute approximate surface area is 244 Å². The third kappa shape index (κ3) is 19.0. The summed E-state index contributed by atoms with van der Waals surface area (Å²) in [7, 11) is 0. The van der Waals surface area contributed by atoms with Crippen molar-refractivity contribution in [3.63, 3.8) is 0 Å². The average Bonchev–Trinajstić information content (AvgIpc) is 2.92. The van der Waals surface area contributed by atoms with Crippen LogP contribution in [0.3, 0.4) is 0 Å². The summed E-state index contributed by atoms with van der Waals surface area (Å²) in [5.41, 5.74) is 16.3. The molecule has 0 saturated carbocycles. The molecule has 0 fully saturated rings. The Hall–Kier alpha value is -2.81. The molecule has 0 aliphatic heterocycles. The lowest BCUT2D eigenvalue weighted by Crippen LogP contribution is -2.52. The fourth-order valence-electron chi connectivity index (χ4n) is 3.57. The van der Waals surface area contributed by atoms with Gasteiger partial charge in [-0.15, -0.1) is 0 Å². The van der Waals surface area contributed by atoms with E-state index in [-0.39, 0.29) is 29.8 Å². The highest BCUT2D eigenvalue weighted by molar-refractivity contribution is 5.92. The summed E-state index contributed by atoms with van der Waals surface area (Å²) in [6, 6.07) is -1.70. The molecule has 11 N–H and O–H groups in total. The van der Waals surface area contributed by atoms with E-state index in [1.807, 2.05) is 27.7 Å². The highest BCUT2D eigenvalue weighted by Gasteiger charge is 2.25. The van der Waals surface area contributed by atoms with Crippen molar-refractivity contribution >= 4 is 30.0 Å². The van der Waals surface area contributed by atoms with E-state index in [2.05, 4.69) is 26.6 Å². The Kier molecular flexibility index (Phi) is 19.5. The Morgan fingerprint density at radius 2 is 1.24 bits per heavy atom. The average molecular weight is 587 g/mol. The molecule has 14 nitrogen and oxygen atoms in total. The van der Waals surface area contributed by atoms with Crippen LogP contribution in [0.4, 0.5) is 0 Å². The van der Waals surface area contributed by atoms with Crippen LogP contribution < -0.4 is 43.8 Å². The molecule has 2 unspecified atom stereocenters. The first-order valence-electron chi connectivity index (χ1n) is 14.3. The van der Waals surface area contributed by atoms with Crippen molar-refractivity contribution in [1.82, 2.24) is 26.6 Å². The van der Waals surface area contributed by atoms with Crippen molar-refractivity contribution in [2.45, 2.75) is 78.3 Å². The summed E-state index contributed by atoms with van der Waals surface area (Å²) >= 11 is 0. The fourth-order valence-corrected chi connectivity index (χ4v) is 3.57. The molecule has 0 bridgehead atoms. The van der Waals surface area contributed by atoms with E-state index >= 15 is 0 Å². The zero-order valence-electron chi connectivity index (χ0n) is 25.3. The van der Waals surface area contributed by atoms with Crippen LogP contribution in [0.25, 0.3) is 0 Å². The number of carbonyl (C=O) groups is 5. The van der Waals surface area contributed by atoms with Crippen molar-refractivity contribution in [1.29, 1.82) is 0 Å². The molecule has 0 aromatic heterocycles. The zero-order valence-corrected chi connectivity index (χ0v) is 25.3. The fraction of sp³-hybridized carbons (Fsp3) is 0.815. The quantitative estimate of drug-likeness (QED) is 0.0471. The van der Waals surface area contributed by atoms with E-state index in [1.165, 1.54) is 0 Å². The van der Waals surface area contributed by atoms with Gasteiger partial charge in [-0.25, -0.2) is 0 Å². The number of nitrogens with one attached hydrogen (secondary N) is 5. The van der Waals surface area contributed by atoms with Crippen molar-refractivity contribution in [3.8, 4) is 0 Å². The van der Waals surface area contributed by atoms with Gasteiger partial charge in [-0.3, -0.25) is 24.0 Å². The van der Waals surface area contributed by atoms with Gasteiger partial charge < -0.3 is 48.5 Å². The van der Waals surface area contributed by atoms with Gasteiger partial charge in [0.2, 0.25) is 30.0 Å². The minimum Gasteiger partial charge on any atom is -0.380 e. The standard InChI is InChI=1S/C27H54N8O6/c1-26(2,15-30)17-41-18-27(3,4)16-33-22(37)13-31-25(40)21(10-6-8-12-29)35-23(38)14-32-24(39)20(34-19-36)9-5-7-11-28/h19-21H,5-18,28-30H2,1-4H3,(H,31,40)(H,32,39)(H,33,37)(H,34,36)(H,35,38). The van der Waals surface area contributed by atoms with Crippen LogP contribution in [0.5, 0.6) is 0 Å². The van der Waals surface area contributed by atoms with Gasteiger partial charge in [0, 0.05) is 17.4 Å². The molecule has 14 heteroatoms. The number of carbonyl (C=O) groups excluding carboxylic acids is 5. The van der Waals surface area contributed by atoms with Crippen LogP contribution in [0, 0.1) is 10.8 Å². The molecule has 0 spiro atoms. The predicted octanol–water partition coefficient (Wildman–Crippen LogP) is -1.78. The van der Waals surface area contributed by atoms with E-state index in [0.717, 1.165) is 0 Å². The Morgan fingerprint density at radius 3 is 1.78 bits per heavy atom. The maximum absolute atomic E-state index is 12.8. The SMILES string of the molecule is CC(C)(CN)COCC(C)(C)CNC(=O)CNC(=O)C(CCCCN)NC(=O)CNC(=O)C(CCCCN)NC=O. The normalized spacial score (nSPS) is 13.0. The first-order chi connectivity index (χ1) is 19.3. The lowest BCUT2D eigenvalue weighted by atomic mass is 9.93. The van der Waals surface area contributed by atoms with Gasteiger partial charge in [0.05, 0.1) is 26.3 Å². The smallest absolute Gasteiger partial charge is 0.243 e. The third-order valence-electron chi connectivity index (χ3n) is 6.28. The summed E-state index contributed by atoms with van der Waals surface area (Å²) in [5, 5.41) is 12.9.